The number of amides is 2. The van der Waals surface area contributed by atoms with Gasteiger partial charge in [-0.05, 0) is 12.1 Å². The smallest absolute Gasteiger partial charge is 0.309 e. The van der Waals surface area contributed by atoms with Crippen LogP contribution < -0.4 is 11.1 Å². The highest BCUT2D eigenvalue weighted by Gasteiger charge is 2.07. The Morgan fingerprint density at radius 3 is 2.71 bits per heavy atom. The van der Waals surface area contributed by atoms with Crippen molar-refractivity contribution < 1.29 is 9.59 Å². The summed E-state index contributed by atoms with van der Waals surface area (Å²) in [5, 5.41) is 2.81. The summed E-state index contributed by atoms with van der Waals surface area (Å²) in [6.45, 7) is 0.152. The summed E-state index contributed by atoms with van der Waals surface area (Å²) >= 11 is 5.60. The van der Waals surface area contributed by atoms with Gasteiger partial charge in [-0.2, -0.15) is 0 Å². The van der Waals surface area contributed by atoms with E-state index in [9.17, 15) is 9.59 Å². The molecule has 0 atom stereocenters. The Labute approximate surface area is 85.3 Å². The summed E-state index contributed by atoms with van der Waals surface area (Å²) in [5.74, 6) is -1.85. The van der Waals surface area contributed by atoms with E-state index in [1.807, 2.05) is 0 Å². The van der Waals surface area contributed by atoms with Gasteiger partial charge in [0.2, 0.25) is 0 Å². The summed E-state index contributed by atoms with van der Waals surface area (Å²) < 4.78 is 0. The fraction of sp³-hybridized carbons (Fsp3) is 0.125. The number of pyridine rings is 1. The first-order valence-electron chi connectivity index (χ1n) is 3.77. The van der Waals surface area contributed by atoms with Crippen LogP contribution in [-0.2, 0) is 16.1 Å². The molecule has 2 amide bonds. The minimum atomic E-state index is -1.01. The second-order valence-electron chi connectivity index (χ2n) is 2.51. The largest absolute Gasteiger partial charge is 0.361 e. The molecule has 0 saturated heterocycles. The lowest BCUT2D eigenvalue weighted by atomic mass is 10.3. The van der Waals surface area contributed by atoms with E-state index in [1.54, 1.807) is 12.1 Å². The fourth-order valence-electron chi connectivity index (χ4n) is 0.769. The summed E-state index contributed by atoms with van der Waals surface area (Å²) in [6.07, 6.45) is 1.45. The van der Waals surface area contributed by atoms with Crippen molar-refractivity contribution in [2.75, 3.05) is 0 Å². The number of nitrogens with one attached hydrogen (secondary N) is 1. The lowest BCUT2D eigenvalue weighted by Crippen LogP contribution is -2.35. The molecule has 0 fully saturated rings. The van der Waals surface area contributed by atoms with Gasteiger partial charge in [-0.1, -0.05) is 11.6 Å². The molecule has 1 heterocycles. The van der Waals surface area contributed by atoms with Crippen molar-refractivity contribution in [1.29, 1.82) is 0 Å². The maximum Gasteiger partial charge on any atom is 0.309 e. The quantitative estimate of drug-likeness (QED) is 0.670. The van der Waals surface area contributed by atoms with Crippen molar-refractivity contribution in [3.05, 3.63) is 29.0 Å². The summed E-state index contributed by atoms with van der Waals surface area (Å²) in [4.78, 5) is 25.0. The number of hydrogen-bond acceptors (Lipinski definition) is 3. The molecule has 74 valence electrons. The van der Waals surface area contributed by atoms with Crippen molar-refractivity contribution in [1.82, 2.24) is 10.3 Å². The average Bonchev–Trinajstić information content (AvgIpc) is 2.16. The Hall–Kier alpha value is -1.62. The molecule has 3 N–H and O–H groups in total. The molecule has 1 aromatic rings. The zero-order valence-electron chi connectivity index (χ0n) is 7.16. The highest BCUT2D eigenvalue weighted by molar-refractivity contribution is 6.34. The lowest BCUT2D eigenvalue weighted by Gasteiger charge is -2.01. The summed E-state index contributed by atoms with van der Waals surface area (Å²) in [6, 6.07) is 3.28. The first-order chi connectivity index (χ1) is 6.59. The molecule has 0 unspecified atom stereocenters. The lowest BCUT2D eigenvalue weighted by molar-refractivity contribution is -0.137. The molecule has 6 heteroatoms. The van der Waals surface area contributed by atoms with Gasteiger partial charge in [0.1, 0.15) is 0 Å². The van der Waals surface area contributed by atoms with Crippen LogP contribution in [0.2, 0.25) is 5.02 Å². The predicted octanol–water partition coefficient (Wildman–Crippen LogP) is -0.163. The van der Waals surface area contributed by atoms with Gasteiger partial charge in [0.05, 0.1) is 17.3 Å². The Morgan fingerprint density at radius 1 is 1.50 bits per heavy atom. The second-order valence-corrected chi connectivity index (χ2v) is 2.95. The van der Waals surface area contributed by atoms with Crippen LogP contribution in [0.5, 0.6) is 0 Å². The number of nitrogens with two attached hydrogens (primary N) is 1. The molecular weight excluding hydrogens is 206 g/mol. The van der Waals surface area contributed by atoms with Gasteiger partial charge >= 0.3 is 11.8 Å². The molecule has 0 spiro atoms. The van der Waals surface area contributed by atoms with Gasteiger partial charge in [-0.15, -0.1) is 0 Å². The van der Waals surface area contributed by atoms with Crippen molar-refractivity contribution in [2.24, 2.45) is 5.73 Å². The van der Waals surface area contributed by atoms with E-state index in [2.05, 4.69) is 10.3 Å². The number of primary amides is 1. The monoisotopic (exact) mass is 213 g/mol. The average molecular weight is 214 g/mol. The molecule has 14 heavy (non-hydrogen) atoms. The van der Waals surface area contributed by atoms with Gasteiger partial charge < -0.3 is 11.1 Å². The third-order valence-electron chi connectivity index (χ3n) is 1.44. The second kappa shape index (κ2) is 4.57. The molecule has 0 saturated carbocycles. The maximum atomic E-state index is 10.7. The highest BCUT2D eigenvalue weighted by atomic mass is 35.5. The van der Waals surface area contributed by atoms with Crippen LogP contribution in [0.15, 0.2) is 18.3 Å². The number of aromatic nitrogens is 1. The van der Waals surface area contributed by atoms with E-state index in [-0.39, 0.29) is 6.54 Å². The minimum absolute atomic E-state index is 0.152. The highest BCUT2D eigenvalue weighted by Crippen LogP contribution is 2.05. The molecular formula is C8H8ClN3O2. The zero-order valence-corrected chi connectivity index (χ0v) is 7.91. The van der Waals surface area contributed by atoms with Gasteiger partial charge in [0, 0.05) is 6.20 Å². The van der Waals surface area contributed by atoms with Gasteiger partial charge in [-0.25, -0.2) is 0 Å². The van der Waals surface area contributed by atoms with E-state index >= 15 is 0 Å². The van der Waals surface area contributed by atoms with Crippen molar-refractivity contribution >= 4 is 23.4 Å². The SMILES string of the molecule is NC(=O)C(=O)NCc1ccc(Cl)cn1. The third-order valence-corrected chi connectivity index (χ3v) is 1.67. The molecule has 0 aliphatic rings. The van der Waals surface area contributed by atoms with Gasteiger partial charge in [0.15, 0.2) is 0 Å². The molecule has 0 radical (unpaired) electrons. The van der Waals surface area contributed by atoms with Crippen molar-refractivity contribution in [2.45, 2.75) is 6.54 Å². The molecule has 0 aromatic carbocycles. The number of hydrogen-bond donors (Lipinski definition) is 2. The molecule has 1 rings (SSSR count). The first kappa shape index (κ1) is 10.5. The summed E-state index contributed by atoms with van der Waals surface area (Å²) in [7, 11) is 0. The van der Waals surface area contributed by atoms with E-state index in [0.29, 0.717) is 10.7 Å². The standard InChI is InChI=1S/C8H8ClN3O2/c9-5-1-2-6(11-3-5)4-12-8(14)7(10)13/h1-3H,4H2,(H2,10,13)(H,12,14). The Bertz CT molecular complexity index is 350. The molecule has 0 bridgehead atoms. The van der Waals surface area contributed by atoms with E-state index in [0.717, 1.165) is 0 Å². The van der Waals surface area contributed by atoms with Crippen LogP contribution in [0, 0.1) is 0 Å². The van der Waals surface area contributed by atoms with Crippen molar-refractivity contribution in [3.8, 4) is 0 Å². The number of nitrogens with zero attached hydrogens (tertiary/aromatic N) is 1. The first-order valence-corrected chi connectivity index (χ1v) is 4.15. The Kier molecular flexibility index (Phi) is 3.41. The molecule has 1 aromatic heterocycles. The van der Waals surface area contributed by atoms with Crippen LogP contribution in [0.25, 0.3) is 0 Å². The molecule has 0 aliphatic heterocycles. The molecule has 0 aliphatic carbocycles. The number of carbonyl (C=O) groups excluding carboxylic acids is 2. The topological polar surface area (TPSA) is 85.1 Å². The van der Waals surface area contributed by atoms with Crippen LogP contribution in [-0.4, -0.2) is 16.8 Å². The van der Waals surface area contributed by atoms with E-state index in [1.165, 1.54) is 6.20 Å². The number of halogens is 1. The number of rotatable bonds is 2. The zero-order chi connectivity index (χ0) is 10.6. The normalized spacial score (nSPS) is 9.50. The summed E-state index contributed by atoms with van der Waals surface area (Å²) in [5.41, 5.74) is 5.33. The Morgan fingerprint density at radius 2 is 2.21 bits per heavy atom. The van der Waals surface area contributed by atoms with Crippen LogP contribution in [0.4, 0.5) is 0 Å². The van der Waals surface area contributed by atoms with Gasteiger partial charge in [0.25, 0.3) is 0 Å². The Balaban J connectivity index is 2.50. The van der Waals surface area contributed by atoms with Crippen LogP contribution in [0.3, 0.4) is 0 Å². The van der Waals surface area contributed by atoms with E-state index in [4.69, 9.17) is 17.3 Å². The predicted molar refractivity (Wildman–Crippen MR) is 50.3 cm³/mol. The molecule has 5 nitrogen and oxygen atoms in total. The van der Waals surface area contributed by atoms with Crippen LogP contribution in [0.1, 0.15) is 5.69 Å². The maximum absolute atomic E-state index is 10.7. The third kappa shape index (κ3) is 3.02. The van der Waals surface area contributed by atoms with Gasteiger partial charge in [-0.3, -0.25) is 14.6 Å². The van der Waals surface area contributed by atoms with Crippen molar-refractivity contribution in [3.63, 3.8) is 0 Å². The fourth-order valence-corrected chi connectivity index (χ4v) is 0.881. The minimum Gasteiger partial charge on any atom is -0.361 e. The van der Waals surface area contributed by atoms with E-state index < -0.39 is 11.8 Å². The van der Waals surface area contributed by atoms with Crippen LogP contribution >= 0.6 is 11.6 Å². The number of carbonyl (C=O) groups is 2.